The molecule has 1 aromatic carbocycles. The first kappa shape index (κ1) is 18.2. The van der Waals surface area contributed by atoms with Crippen molar-refractivity contribution in [2.75, 3.05) is 10.6 Å². The quantitative estimate of drug-likeness (QED) is 0.427. The van der Waals surface area contributed by atoms with Crippen LogP contribution in [0.2, 0.25) is 0 Å². The van der Waals surface area contributed by atoms with Crippen molar-refractivity contribution in [3.05, 3.63) is 63.9 Å². The first-order chi connectivity index (χ1) is 13.5. The lowest BCUT2D eigenvalue weighted by atomic mass is 10.3. The molecule has 0 saturated carbocycles. The molecule has 3 aromatic heterocycles. The summed E-state index contributed by atoms with van der Waals surface area (Å²) in [5.74, 6) is 0.906. The molecule has 0 fully saturated rings. The number of hydrogen-bond donors (Lipinski definition) is 3. The highest BCUT2D eigenvalue weighted by molar-refractivity contribution is 9.10. The van der Waals surface area contributed by atoms with Crippen LogP contribution >= 0.6 is 15.9 Å². The number of rotatable bonds is 5. The van der Waals surface area contributed by atoms with E-state index in [4.69, 9.17) is 0 Å². The summed E-state index contributed by atoms with van der Waals surface area (Å²) in [7, 11) is 0. The fourth-order valence-corrected chi connectivity index (χ4v) is 3.09. The van der Waals surface area contributed by atoms with Gasteiger partial charge in [-0.3, -0.25) is 4.79 Å². The van der Waals surface area contributed by atoms with Crippen LogP contribution in [0.15, 0.2) is 58.3 Å². The highest BCUT2D eigenvalue weighted by atomic mass is 79.9. The summed E-state index contributed by atoms with van der Waals surface area (Å²) in [5.41, 5.74) is 2.96. The molecule has 142 valence electrons. The van der Waals surface area contributed by atoms with Crippen LogP contribution in [0.25, 0.3) is 11.0 Å². The number of fused-ring (bicyclic) bond motifs is 1. The van der Waals surface area contributed by atoms with Crippen LogP contribution in [0.4, 0.5) is 23.1 Å². The number of nitrogens with one attached hydrogen (secondary N) is 3. The Kier molecular flexibility index (Phi) is 4.82. The summed E-state index contributed by atoms with van der Waals surface area (Å²) in [5, 5.41) is 6.27. The third kappa shape index (κ3) is 3.61. The molecule has 0 radical (unpaired) electrons. The number of nitrogens with zero attached hydrogens (tertiary/aromatic N) is 4. The standard InChI is InChI=1S/C19H18BrN7O/c1-11(2)27-7-3-4-15(18(27)28)25-17-13(20)9-21-19(26-17)24-12-5-6-14-16(8-12)23-10-22-14/h3-11H,1-2H3,(H,22,23)(H2,21,24,25,26). The van der Waals surface area contributed by atoms with Gasteiger partial charge in [-0.1, -0.05) is 0 Å². The van der Waals surface area contributed by atoms with Gasteiger partial charge < -0.3 is 20.2 Å². The summed E-state index contributed by atoms with van der Waals surface area (Å²) in [6.45, 7) is 3.93. The van der Waals surface area contributed by atoms with Crippen LogP contribution in [-0.2, 0) is 0 Å². The molecule has 0 aliphatic rings. The minimum absolute atomic E-state index is 0.0673. The van der Waals surface area contributed by atoms with Gasteiger partial charge in [-0.15, -0.1) is 0 Å². The summed E-state index contributed by atoms with van der Waals surface area (Å²) in [6.07, 6.45) is 5.05. The lowest BCUT2D eigenvalue weighted by molar-refractivity contribution is 0.580. The first-order valence-electron chi connectivity index (χ1n) is 8.72. The predicted octanol–water partition coefficient (Wildman–Crippen LogP) is 4.35. The van der Waals surface area contributed by atoms with Crippen LogP contribution < -0.4 is 16.2 Å². The summed E-state index contributed by atoms with van der Waals surface area (Å²) < 4.78 is 2.32. The minimum Gasteiger partial charge on any atom is -0.345 e. The second-order valence-corrected chi connectivity index (χ2v) is 7.36. The molecule has 8 nitrogen and oxygen atoms in total. The van der Waals surface area contributed by atoms with Crippen molar-refractivity contribution in [1.82, 2.24) is 24.5 Å². The molecule has 9 heteroatoms. The molecule has 3 N–H and O–H groups in total. The van der Waals surface area contributed by atoms with Crippen molar-refractivity contribution >= 4 is 50.1 Å². The summed E-state index contributed by atoms with van der Waals surface area (Å²) in [4.78, 5) is 28.7. The van der Waals surface area contributed by atoms with Gasteiger partial charge in [-0.25, -0.2) is 9.97 Å². The molecule has 0 amide bonds. The predicted molar refractivity (Wildman–Crippen MR) is 113 cm³/mol. The Morgan fingerprint density at radius 3 is 2.86 bits per heavy atom. The SMILES string of the molecule is CC(C)n1cccc(Nc2nc(Nc3ccc4nc[nH]c4c3)ncc2Br)c1=O. The van der Waals surface area contributed by atoms with E-state index in [0.717, 1.165) is 16.7 Å². The Hall–Kier alpha value is -3.20. The fraction of sp³-hybridized carbons (Fsp3) is 0.158. The van der Waals surface area contributed by atoms with Crippen LogP contribution in [0.3, 0.4) is 0 Å². The zero-order chi connectivity index (χ0) is 19.7. The van der Waals surface area contributed by atoms with Gasteiger partial charge in [0.2, 0.25) is 5.95 Å². The molecule has 0 bridgehead atoms. The maximum Gasteiger partial charge on any atom is 0.274 e. The third-order valence-corrected chi connectivity index (χ3v) is 4.78. The molecular formula is C19H18BrN7O. The first-order valence-corrected chi connectivity index (χ1v) is 9.51. The zero-order valence-electron chi connectivity index (χ0n) is 15.3. The number of imidazole rings is 1. The van der Waals surface area contributed by atoms with Crippen LogP contribution in [0.5, 0.6) is 0 Å². The molecule has 28 heavy (non-hydrogen) atoms. The summed E-state index contributed by atoms with van der Waals surface area (Å²) >= 11 is 3.44. The van der Waals surface area contributed by atoms with Crippen LogP contribution in [0, 0.1) is 0 Å². The minimum atomic E-state index is -0.109. The van der Waals surface area contributed by atoms with Gasteiger partial charge in [0.1, 0.15) is 5.69 Å². The van der Waals surface area contributed by atoms with Gasteiger partial charge in [0.25, 0.3) is 5.56 Å². The van der Waals surface area contributed by atoms with E-state index in [1.165, 1.54) is 0 Å². The molecule has 3 heterocycles. The van der Waals surface area contributed by atoms with E-state index in [2.05, 4.69) is 46.5 Å². The van der Waals surface area contributed by atoms with Gasteiger partial charge in [0.05, 0.1) is 21.8 Å². The fourth-order valence-electron chi connectivity index (χ4n) is 2.80. The Morgan fingerprint density at radius 1 is 1.18 bits per heavy atom. The average Bonchev–Trinajstić information content (AvgIpc) is 3.13. The Bertz CT molecular complexity index is 1200. The molecular weight excluding hydrogens is 422 g/mol. The van der Waals surface area contributed by atoms with Crippen molar-refractivity contribution in [2.45, 2.75) is 19.9 Å². The third-order valence-electron chi connectivity index (χ3n) is 4.20. The maximum atomic E-state index is 12.6. The molecule has 4 rings (SSSR count). The van der Waals surface area contributed by atoms with E-state index in [-0.39, 0.29) is 11.6 Å². The average molecular weight is 440 g/mol. The topological polar surface area (TPSA) is 101 Å². The number of hydrogen-bond acceptors (Lipinski definition) is 6. The van der Waals surface area contributed by atoms with Gasteiger partial charge in [-0.2, -0.15) is 4.98 Å². The zero-order valence-corrected chi connectivity index (χ0v) is 16.9. The smallest absolute Gasteiger partial charge is 0.274 e. The number of aromatic nitrogens is 5. The van der Waals surface area contributed by atoms with E-state index in [9.17, 15) is 4.79 Å². The largest absolute Gasteiger partial charge is 0.345 e. The van der Waals surface area contributed by atoms with Crippen LogP contribution in [-0.4, -0.2) is 24.5 Å². The number of pyridine rings is 1. The molecule has 0 aliphatic carbocycles. The number of benzene rings is 1. The lowest BCUT2D eigenvalue weighted by Gasteiger charge is -2.13. The van der Waals surface area contributed by atoms with Crippen molar-refractivity contribution < 1.29 is 0 Å². The second kappa shape index (κ2) is 7.43. The molecule has 0 unspecified atom stereocenters. The monoisotopic (exact) mass is 439 g/mol. The van der Waals surface area contributed by atoms with Gasteiger partial charge in [0.15, 0.2) is 5.82 Å². The lowest BCUT2D eigenvalue weighted by Crippen LogP contribution is -2.23. The van der Waals surface area contributed by atoms with Crippen molar-refractivity contribution in [2.24, 2.45) is 0 Å². The van der Waals surface area contributed by atoms with E-state index in [1.807, 2.05) is 38.1 Å². The van der Waals surface area contributed by atoms with E-state index < -0.39 is 0 Å². The van der Waals surface area contributed by atoms with E-state index in [0.29, 0.717) is 21.9 Å². The Morgan fingerprint density at radius 2 is 2.04 bits per heavy atom. The second-order valence-electron chi connectivity index (χ2n) is 6.50. The molecule has 0 saturated heterocycles. The van der Waals surface area contributed by atoms with Crippen molar-refractivity contribution in [3.63, 3.8) is 0 Å². The maximum absolute atomic E-state index is 12.6. The normalized spacial score (nSPS) is 11.1. The van der Waals surface area contributed by atoms with E-state index in [1.54, 1.807) is 29.4 Å². The molecule has 0 spiro atoms. The summed E-state index contributed by atoms with van der Waals surface area (Å²) in [6, 6.07) is 9.37. The number of H-pyrrole nitrogens is 1. The highest BCUT2D eigenvalue weighted by Crippen LogP contribution is 2.25. The van der Waals surface area contributed by atoms with Gasteiger partial charge in [-0.05, 0) is 60.1 Å². The molecule has 0 aliphatic heterocycles. The van der Waals surface area contributed by atoms with Crippen molar-refractivity contribution in [1.29, 1.82) is 0 Å². The number of anilines is 4. The number of halogens is 1. The number of aromatic amines is 1. The van der Waals surface area contributed by atoms with E-state index >= 15 is 0 Å². The highest BCUT2D eigenvalue weighted by Gasteiger charge is 2.11. The Balaban J connectivity index is 1.62. The molecule has 0 atom stereocenters. The van der Waals surface area contributed by atoms with Gasteiger partial charge >= 0.3 is 0 Å². The molecule has 4 aromatic rings. The van der Waals surface area contributed by atoms with Crippen LogP contribution in [0.1, 0.15) is 19.9 Å². The van der Waals surface area contributed by atoms with Crippen molar-refractivity contribution in [3.8, 4) is 0 Å². The van der Waals surface area contributed by atoms with Gasteiger partial charge in [0, 0.05) is 24.1 Å². The Labute approximate surface area is 169 Å².